The van der Waals surface area contributed by atoms with Crippen LogP contribution in [0.15, 0.2) is 0 Å². The minimum Gasteiger partial charge on any atom is -0.518 e. The summed E-state index contributed by atoms with van der Waals surface area (Å²) in [5.74, 6) is 0.0233. The summed E-state index contributed by atoms with van der Waals surface area (Å²) < 4.78 is 12.6. The van der Waals surface area contributed by atoms with Gasteiger partial charge in [-0.25, -0.2) is 0 Å². The van der Waals surface area contributed by atoms with Crippen molar-refractivity contribution in [3.8, 4) is 0 Å². The van der Waals surface area contributed by atoms with Crippen molar-refractivity contribution in [2.24, 2.45) is 5.92 Å². The molecule has 3 nitrogen and oxygen atoms in total. The normalized spacial score (nSPS) is 22.1. The molecule has 2 radical (unpaired) electrons. The first-order valence-electron chi connectivity index (χ1n) is 11.3. The van der Waals surface area contributed by atoms with E-state index in [0.29, 0.717) is 26.4 Å². The van der Waals surface area contributed by atoms with Crippen molar-refractivity contribution in [1.29, 1.82) is 0 Å². The summed E-state index contributed by atoms with van der Waals surface area (Å²) in [4.78, 5) is 13.2. The van der Waals surface area contributed by atoms with E-state index in [-0.39, 0.29) is 17.5 Å². The first-order chi connectivity index (χ1) is 12.7. The van der Waals surface area contributed by atoms with Crippen molar-refractivity contribution in [2.75, 3.05) is 0 Å². The van der Waals surface area contributed by atoms with Crippen LogP contribution in [0.2, 0.25) is 22.7 Å². The monoisotopic (exact) mass is 410 g/mol. The zero-order valence-corrected chi connectivity index (χ0v) is 20.6. The van der Waals surface area contributed by atoms with Crippen LogP contribution in [0.1, 0.15) is 99.3 Å². The number of hydrogen-bond acceptors (Lipinski definition) is 3. The van der Waals surface area contributed by atoms with Gasteiger partial charge in [-0.2, -0.15) is 0 Å². The third-order valence-corrected chi connectivity index (χ3v) is 14.6. The Morgan fingerprint density at radius 3 is 1.93 bits per heavy atom. The first-order valence-corrected chi connectivity index (χ1v) is 14.6. The molecule has 0 aromatic heterocycles. The van der Waals surface area contributed by atoms with E-state index in [1.54, 1.807) is 0 Å². The highest BCUT2D eigenvalue weighted by atomic mass is 28.4. The van der Waals surface area contributed by atoms with Crippen molar-refractivity contribution in [3.05, 3.63) is 0 Å². The van der Waals surface area contributed by atoms with Gasteiger partial charge in [0.15, 0.2) is 0 Å². The largest absolute Gasteiger partial charge is 0.518 e. The first kappa shape index (κ1) is 23.1. The summed E-state index contributed by atoms with van der Waals surface area (Å²) in [5, 5.41) is 0. The zero-order valence-electron chi connectivity index (χ0n) is 18.6. The molecule has 0 saturated heterocycles. The maximum absolute atomic E-state index is 13.2. The van der Waals surface area contributed by atoms with Crippen LogP contribution in [0, 0.1) is 5.92 Å². The van der Waals surface area contributed by atoms with Crippen LogP contribution in [0.4, 0.5) is 0 Å². The summed E-state index contributed by atoms with van der Waals surface area (Å²) in [6.07, 6.45) is 11.6. The summed E-state index contributed by atoms with van der Waals surface area (Å²) >= 11 is 0. The second-order valence-corrected chi connectivity index (χ2v) is 15.4. The minimum absolute atomic E-state index is 0.0515. The average molecular weight is 411 g/mol. The van der Waals surface area contributed by atoms with Crippen LogP contribution in [0.25, 0.3) is 0 Å². The smallest absolute Gasteiger partial charge is 0.295 e. The van der Waals surface area contributed by atoms with Crippen molar-refractivity contribution in [2.45, 2.75) is 128 Å². The van der Waals surface area contributed by atoms with Crippen molar-refractivity contribution < 1.29 is 13.6 Å². The molecule has 2 aliphatic carbocycles. The van der Waals surface area contributed by atoms with E-state index in [1.165, 1.54) is 51.4 Å². The molecule has 0 heterocycles. The second-order valence-electron chi connectivity index (χ2n) is 10.0. The SMILES string of the molecule is CCC(C)[Si](OC(=O)C(C)C[Si]OC(C)(C)C)(C1CCCC1)C1CCCC1. The lowest BCUT2D eigenvalue weighted by molar-refractivity contribution is -0.139. The second kappa shape index (κ2) is 10.1. The van der Waals surface area contributed by atoms with Gasteiger partial charge >= 0.3 is 0 Å². The van der Waals surface area contributed by atoms with E-state index in [9.17, 15) is 4.79 Å². The van der Waals surface area contributed by atoms with Crippen molar-refractivity contribution in [3.63, 3.8) is 0 Å². The summed E-state index contributed by atoms with van der Waals surface area (Å²) in [5.41, 5.74) is 1.83. The van der Waals surface area contributed by atoms with Gasteiger partial charge in [0.2, 0.25) is 9.76 Å². The highest BCUT2D eigenvalue weighted by Gasteiger charge is 2.56. The molecule has 156 valence electrons. The van der Waals surface area contributed by atoms with Crippen LogP contribution in [0.5, 0.6) is 0 Å². The molecule has 2 saturated carbocycles. The van der Waals surface area contributed by atoms with Gasteiger partial charge < -0.3 is 8.85 Å². The third-order valence-electron chi connectivity index (χ3n) is 6.82. The van der Waals surface area contributed by atoms with Crippen LogP contribution < -0.4 is 0 Å². The average Bonchev–Trinajstić information content (AvgIpc) is 3.31. The standard InChI is InChI=1S/C22H42O3Si2/c1-7-18(3)27(19-12-8-9-13-19,20-14-10-11-15-20)24-21(23)17(2)16-26-25-22(4,5)6/h17-20H,7-16H2,1-6H3. The van der Waals surface area contributed by atoms with Gasteiger partial charge in [-0.05, 0) is 69.1 Å². The van der Waals surface area contributed by atoms with Gasteiger partial charge in [0.1, 0.15) is 0 Å². The van der Waals surface area contributed by atoms with Gasteiger partial charge in [0.25, 0.3) is 14.3 Å². The Labute approximate surface area is 171 Å². The van der Waals surface area contributed by atoms with Crippen LogP contribution in [-0.4, -0.2) is 29.7 Å². The van der Waals surface area contributed by atoms with Gasteiger partial charge in [0.05, 0.1) is 5.92 Å². The van der Waals surface area contributed by atoms with Gasteiger partial charge in [-0.15, -0.1) is 0 Å². The predicted octanol–water partition coefficient (Wildman–Crippen LogP) is 6.65. The quantitative estimate of drug-likeness (QED) is 0.399. The van der Waals surface area contributed by atoms with E-state index >= 15 is 0 Å². The molecule has 2 aliphatic rings. The maximum Gasteiger partial charge on any atom is 0.295 e. The molecule has 0 N–H and O–H groups in total. The van der Waals surface area contributed by atoms with E-state index in [4.69, 9.17) is 8.85 Å². The number of rotatable bonds is 9. The Hall–Kier alpha value is -0.136. The highest BCUT2D eigenvalue weighted by Crippen LogP contribution is 2.56. The zero-order chi connectivity index (χ0) is 20.1. The van der Waals surface area contributed by atoms with E-state index in [2.05, 4.69) is 34.6 Å². The molecule has 0 aliphatic heterocycles. The molecule has 0 bridgehead atoms. The van der Waals surface area contributed by atoms with Crippen LogP contribution >= 0.6 is 0 Å². The topological polar surface area (TPSA) is 35.5 Å². The fourth-order valence-corrected chi connectivity index (χ4v) is 12.8. The number of hydrogen-bond donors (Lipinski definition) is 0. The molecule has 2 fully saturated rings. The van der Waals surface area contributed by atoms with Gasteiger partial charge in [0, 0.05) is 5.60 Å². The number of carbonyl (C=O) groups excluding carboxylic acids is 1. The van der Waals surface area contributed by atoms with E-state index < -0.39 is 8.32 Å². The molecule has 27 heavy (non-hydrogen) atoms. The molecule has 0 spiro atoms. The lowest BCUT2D eigenvalue weighted by Gasteiger charge is -2.45. The summed E-state index contributed by atoms with van der Waals surface area (Å²) in [6, 6.07) is 0.788. The lowest BCUT2D eigenvalue weighted by Crippen LogP contribution is -2.52. The molecule has 2 rings (SSSR count). The van der Waals surface area contributed by atoms with Gasteiger partial charge in [-0.1, -0.05) is 52.9 Å². The molecule has 2 atom stereocenters. The Morgan fingerprint density at radius 1 is 1.04 bits per heavy atom. The fourth-order valence-electron chi connectivity index (χ4n) is 5.22. The van der Waals surface area contributed by atoms with Crippen LogP contribution in [0.3, 0.4) is 0 Å². The molecule has 0 aromatic rings. The van der Waals surface area contributed by atoms with Gasteiger partial charge in [-0.3, -0.25) is 4.79 Å². The molecule has 5 heteroatoms. The summed E-state index contributed by atoms with van der Waals surface area (Å²) in [6.45, 7) is 13.0. The predicted molar refractivity (Wildman–Crippen MR) is 117 cm³/mol. The Balaban J connectivity index is 2.13. The lowest BCUT2D eigenvalue weighted by atomic mass is 10.2. The Kier molecular flexibility index (Phi) is 8.63. The Morgan fingerprint density at radius 2 is 1.52 bits per heavy atom. The van der Waals surface area contributed by atoms with Crippen molar-refractivity contribution in [1.82, 2.24) is 0 Å². The molecule has 2 unspecified atom stereocenters. The Bertz CT molecular complexity index is 447. The molecule has 0 aromatic carbocycles. The minimum atomic E-state index is -2.12. The molecule has 0 amide bonds. The fraction of sp³-hybridized carbons (Fsp3) is 0.955. The number of carbonyl (C=O) groups is 1. The summed E-state index contributed by atoms with van der Waals surface area (Å²) in [7, 11) is -1.75. The van der Waals surface area contributed by atoms with Crippen LogP contribution in [-0.2, 0) is 13.6 Å². The van der Waals surface area contributed by atoms with E-state index in [0.717, 1.165) is 12.5 Å². The molecular formula is C22H42O3Si2. The third kappa shape index (κ3) is 5.92. The van der Waals surface area contributed by atoms with Crippen molar-refractivity contribution >= 4 is 24.0 Å². The van der Waals surface area contributed by atoms with E-state index in [1.807, 2.05) is 6.92 Å². The maximum atomic E-state index is 13.2. The molecular weight excluding hydrogens is 368 g/mol. The highest BCUT2D eigenvalue weighted by molar-refractivity contribution is 6.79.